The summed E-state index contributed by atoms with van der Waals surface area (Å²) < 4.78 is 43.4. The molecular weight excluding hydrogens is 431 g/mol. The standard InChI is InChI=1S/C24H22F3N5O/c1-31-14-19(16-5-7-17(25)8-6-16)22(30-31)24(33)32-9-3-2-4-18(32)13-29-23-20(26)10-15(12-28)11-21(23)27/h5-8,10-11,14,18,29H,2-4,9,13H2,1H3/t18-/m0/s1. The van der Waals surface area contributed by atoms with Gasteiger partial charge in [-0.2, -0.15) is 10.4 Å². The number of amides is 1. The number of likely N-dealkylation sites (tertiary alicyclic amines) is 1. The number of carbonyl (C=O) groups is 1. The van der Waals surface area contributed by atoms with Gasteiger partial charge in [0.1, 0.15) is 11.5 Å². The van der Waals surface area contributed by atoms with Crippen LogP contribution in [0.15, 0.2) is 42.6 Å². The average molecular weight is 453 g/mol. The zero-order valence-electron chi connectivity index (χ0n) is 18.0. The smallest absolute Gasteiger partial charge is 0.275 e. The summed E-state index contributed by atoms with van der Waals surface area (Å²) in [6.45, 7) is 0.632. The molecule has 0 bridgehead atoms. The number of aryl methyl sites for hydroxylation is 1. The van der Waals surface area contributed by atoms with Crippen molar-refractivity contribution in [3.63, 3.8) is 0 Å². The number of hydrogen-bond acceptors (Lipinski definition) is 4. The van der Waals surface area contributed by atoms with Crippen LogP contribution >= 0.6 is 0 Å². The van der Waals surface area contributed by atoms with E-state index in [9.17, 15) is 18.0 Å². The second-order valence-corrected chi connectivity index (χ2v) is 8.03. The van der Waals surface area contributed by atoms with Gasteiger partial charge in [-0.15, -0.1) is 0 Å². The van der Waals surface area contributed by atoms with Gasteiger partial charge in [-0.3, -0.25) is 9.48 Å². The van der Waals surface area contributed by atoms with Crippen LogP contribution in [-0.2, 0) is 7.05 Å². The summed E-state index contributed by atoms with van der Waals surface area (Å²) in [7, 11) is 1.70. The molecule has 1 aliphatic rings. The van der Waals surface area contributed by atoms with E-state index in [1.165, 1.54) is 16.8 Å². The van der Waals surface area contributed by atoms with E-state index >= 15 is 0 Å². The Morgan fingerprint density at radius 2 is 1.88 bits per heavy atom. The summed E-state index contributed by atoms with van der Waals surface area (Å²) in [5.41, 5.74) is 1.07. The third kappa shape index (κ3) is 4.70. The van der Waals surface area contributed by atoms with Crippen molar-refractivity contribution in [3.05, 3.63) is 71.3 Å². The van der Waals surface area contributed by atoms with Crippen LogP contribution in [0.4, 0.5) is 18.9 Å². The molecule has 3 aromatic rings. The highest BCUT2D eigenvalue weighted by Crippen LogP contribution is 2.28. The molecule has 9 heteroatoms. The Balaban J connectivity index is 1.57. The number of nitrogens with zero attached hydrogens (tertiary/aromatic N) is 4. The van der Waals surface area contributed by atoms with Crippen molar-refractivity contribution >= 4 is 11.6 Å². The summed E-state index contributed by atoms with van der Waals surface area (Å²) in [6.07, 6.45) is 4.05. The molecule has 33 heavy (non-hydrogen) atoms. The van der Waals surface area contributed by atoms with E-state index in [1.54, 1.807) is 36.3 Å². The lowest BCUT2D eigenvalue weighted by atomic mass is 9.99. The summed E-state index contributed by atoms with van der Waals surface area (Å²) in [4.78, 5) is 15.1. The van der Waals surface area contributed by atoms with Crippen LogP contribution in [-0.4, -0.2) is 39.7 Å². The number of halogens is 3. The number of nitriles is 1. The Kier molecular flexibility index (Phi) is 6.36. The lowest BCUT2D eigenvalue weighted by molar-refractivity contribution is 0.0622. The first-order valence-corrected chi connectivity index (χ1v) is 10.6. The predicted molar refractivity (Wildman–Crippen MR) is 117 cm³/mol. The Bertz CT molecular complexity index is 1190. The topological polar surface area (TPSA) is 74.0 Å². The van der Waals surface area contributed by atoms with Gasteiger partial charge >= 0.3 is 0 Å². The molecular formula is C24H22F3N5O. The first kappa shape index (κ1) is 22.4. The fourth-order valence-corrected chi connectivity index (χ4v) is 4.13. The molecule has 2 heterocycles. The second kappa shape index (κ2) is 9.36. The molecule has 0 aliphatic carbocycles. The van der Waals surface area contributed by atoms with Crippen LogP contribution in [0.2, 0.25) is 0 Å². The molecule has 0 radical (unpaired) electrons. The number of carbonyl (C=O) groups excluding carboxylic acids is 1. The van der Waals surface area contributed by atoms with Crippen molar-refractivity contribution in [3.8, 4) is 17.2 Å². The molecule has 1 aromatic heterocycles. The van der Waals surface area contributed by atoms with Crippen molar-refractivity contribution in [1.29, 1.82) is 5.26 Å². The van der Waals surface area contributed by atoms with Gasteiger partial charge in [-0.1, -0.05) is 12.1 Å². The lowest BCUT2D eigenvalue weighted by Gasteiger charge is -2.36. The van der Waals surface area contributed by atoms with E-state index in [0.29, 0.717) is 24.1 Å². The number of hydrogen-bond donors (Lipinski definition) is 1. The van der Waals surface area contributed by atoms with Gasteiger partial charge in [-0.05, 0) is 49.1 Å². The van der Waals surface area contributed by atoms with Crippen LogP contribution in [0.25, 0.3) is 11.1 Å². The monoisotopic (exact) mass is 453 g/mol. The molecule has 4 rings (SSSR count). The molecule has 2 aromatic carbocycles. The normalized spacial score (nSPS) is 15.8. The quantitative estimate of drug-likeness (QED) is 0.618. The predicted octanol–water partition coefficient (Wildman–Crippen LogP) is 4.48. The van der Waals surface area contributed by atoms with Gasteiger partial charge in [0.25, 0.3) is 5.91 Å². The fraction of sp³-hybridized carbons (Fsp3) is 0.292. The molecule has 0 unspecified atom stereocenters. The minimum Gasteiger partial charge on any atom is -0.378 e. The van der Waals surface area contributed by atoms with Gasteiger partial charge in [0.15, 0.2) is 17.3 Å². The van der Waals surface area contributed by atoms with E-state index in [0.717, 1.165) is 25.0 Å². The largest absolute Gasteiger partial charge is 0.378 e. The third-order valence-electron chi connectivity index (χ3n) is 5.76. The molecule has 1 amide bonds. The molecule has 1 saturated heterocycles. The van der Waals surface area contributed by atoms with Crippen LogP contribution in [0, 0.1) is 28.8 Å². The summed E-state index contributed by atoms with van der Waals surface area (Å²) in [6, 6.07) is 9.19. The molecule has 1 fully saturated rings. The van der Waals surface area contributed by atoms with E-state index in [-0.39, 0.29) is 41.3 Å². The van der Waals surface area contributed by atoms with Crippen LogP contribution in [0.5, 0.6) is 0 Å². The number of anilines is 1. The molecule has 1 N–H and O–H groups in total. The average Bonchev–Trinajstić information content (AvgIpc) is 3.20. The first-order chi connectivity index (χ1) is 15.9. The number of piperidine rings is 1. The van der Waals surface area contributed by atoms with Crippen LogP contribution in [0.1, 0.15) is 35.3 Å². The number of benzene rings is 2. The first-order valence-electron chi connectivity index (χ1n) is 10.6. The highest BCUT2D eigenvalue weighted by atomic mass is 19.1. The zero-order valence-corrected chi connectivity index (χ0v) is 18.0. The third-order valence-corrected chi connectivity index (χ3v) is 5.76. The maximum atomic E-state index is 14.3. The fourth-order valence-electron chi connectivity index (χ4n) is 4.13. The van der Waals surface area contributed by atoms with E-state index in [2.05, 4.69) is 10.4 Å². The van der Waals surface area contributed by atoms with Gasteiger partial charge in [0.05, 0.1) is 11.6 Å². The van der Waals surface area contributed by atoms with Crippen molar-refractivity contribution in [2.45, 2.75) is 25.3 Å². The Labute approximate surface area is 189 Å². The SMILES string of the molecule is Cn1cc(-c2ccc(F)cc2)c(C(=O)N2CCCC[C@H]2CNc2c(F)cc(C#N)cc2F)n1. The molecule has 0 saturated carbocycles. The highest BCUT2D eigenvalue weighted by Gasteiger charge is 2.31. The van der Waals surface area contributed by atoms with E-state index in [4.69, 9.17) is 5.26 Å². The van der Waals surface area contributed by atoms with Crippen molar-refractivity contribution in [2.75, 3.05) is 18.4 Å². The summed E-state index contributed by atoms with van der Waals surface area (Å²) in [5.74, 6) is -2.38. The Morgan fingerprint density at radius 1 is 1.18 bits per heavy atom. The lowest BCUT2D eigenvalue weighted by Crippen LogP contribution is -2.47. The van der Waals surface area contributed by atoms with E-state index < -0.39 is 11.6 Å². The maximum absolute atomic E-state index is 14.3. The molecule has 0 spiro atoms. The summed E-state index contributed by atoms with van der Waals surface area (Å²) in [5, 5.41) is 16.0. The Morgan fingerprint density at radius 3 is 2.55 bits per heavy atom. The molecule has 1 aliphatic heterocycles. The van der Waals surface area contributed by atoms with Crippen LogP contribution < -0.4 is 5.32 Å². The number of rotatable bonds is 5. The highest BCUT2D eigenvalue weighted by molar-refractivity contribution is 5.99. The maximum Gasteiger partial charge on any atom is 0.275 e. The summed E-state index contributed by atoms with van der Waals surface area (Å²) >= 11 is 0. The number of aromatic nitrogens is 2. The molecule has 170 valence electrons. The number of nitrogens with one attached hydrogen (secondary N) is 1. The van der Waals surface area contributed by atoms with Gasteiger partial charge in [-0.25, -0.2) is 13.2 Å². The zero-order chi connectivity index (χ0) is 23.5. The van der Waals surface area contributed by atoms with Gasteiger partial charge in [0.2, 0.25) is 0 Å². The van der Waals surface area contributed by atoms with Gasteiger partial charge in [0, 0.05) is 37.9 Å². The second-order valence-electron chi connectivity index (χ2n) is 8.03. The Hall–Kier alpha value is -3.80. The molecule has 6 nitrogen and oxygen atoms in total. The van der Waals surface area contributed by atoms with Crippen LogP contribution in [0.3, 0.4) is 0 Å². The van der Waals surface area contributed by atoms with E-state index in [1.807, 2.05) is 0 Å². The van der Waals surface area contributed by atoms with Crippen molar-refractivity contribution in [2.24, 2.45) is 7.05 Å². The van der Waals surface area contributed by atoms with Crippen molar-refractivity contribution in [1.82, 2.24) is 14.7 Å². The van der Waals surface area contributed by atoms with Gasteiger partial charge < -0.3 is 10.2 Å². The minimum absolute atomic E-state index is 0.103. The van der Waals surface area contributed by atoms with Crippen molar-refractivity contribution < 1.29 is 18.0 Å². The minimum atomic E-state index is -0.858. The molecule has 1 atom stereocenters.